The van der Waals surface area contributed by atoms with E-state index in [2.05, 4.69) is 5.32 Å². The molecule has 1 saturated heterocycles. The largest absolute Gasteiger partial charge is 0.325 e. The van der Waals surface area contributed by atoms with Gasteiger partial charge in [0.25, 0.3) is 10.2 Å². The van der Waals surface area contributed by atoms with Crippen LogP contribution in [0.3, 0.4) is 0 Å². The zero-order valence-electron chi connectivity index (χ0n) is 16.9. The average Bonchev–Trinajstić information content (AvgIpc) is 3.20. The van der Waals surface area contributed by atoms with Crippen molar-refractivity contribution in [1.82, 2.24) is 13.5 Å². The summed E-state index contributed by atoms with van der Waals surface area (Å²) in [5, 5.41) is 4.43. The molecule has 0 radical (unpaired) electrons. The Balaban J connectivity index is 1.89. The Kier molecular flexibility index (Phi) is 7.16. The minimum atomic E-state index is -3.87. The maximum atomic E-state index is 13.4. The second kappa shape index (κ2) is 9.29. The number of anilines is 1. The Morgan fingerprint density at radius 3 is 2.70 bits per heavy atom. The van der Waals surface area contributed by atoms with Gasteiger partial charge in [-0.2, -0.15) is 17.0 Å². The van der Waals surface area contributed by atoms with Crippen molar-refractivity contribution >= 4 is 44.7 Å². The molecule has 30 heavy (non-hydrogen) atoms. The highest BCUT2D eigenvalue weighted by atomic mass is 35.5. The van der Waals surface area contributed by atoms with Crippen molar-refractivity contribution in [3.8, 4) is 0 Å². The summed E-state index contributed by atoms with van der Waals surface area (Å²) in [6, 6.07) is 6.22. The topological polar surface area (TPSA) is 73.0 Å². The summed E-state index contributed by atoms with van der Waals surface area (Å²) >= 11 is 7.25. The van der Waals surface area contributed by atoms with Gasteiger partial charge in [-0.25, -0.2) is 4.39 Å². The van der Waals surface area contributed by atoms with E-state index in [-0.39, 0.29) is 5.02 Å². The fourth-order valence-corrected chi connectivity index (χ4v) is 6.11. The van der Waals surface area contributed by atoms with E-state index in [4.69, 9.17) is 11.6 Å². The smallest absolute Gasteiger partial charge is 0.283 e. The van der Waals surface area contributed by atoms with Crippen molar-refractivity contribution in [2.24, 2.45) is 0 Å². The third-order valence-corrected chi connectivity index (χ3v) is 8.30. The number of likely N-dealkylation sites (N-methyl/N-ethyl adjacent to an activating group) is 2. The van der Waals surface area contributed by atoms with Crippen molar-refractivity contribution in [1.29, 1.82) is 0 Å². The number of halogens is 2. The van der Waals surface area contributed by atoms with Crippen LogP contribution >= 0.6 is 22.9 Å². The van der Waals surface area contributed by atoms with Gasteiger partial charge in [0.1, 0.15) is 11.9 Å². The van der Waals surface area contributed by atoms with Crippen LogP contribution in [0.25, 0.3) is 0 Å². The Bertz CT molecular complexity index is 1000. The summed E-state index contributed by atoms with van der Waals surface area (Å²) in [5.74, 6) is -1.08. The van der Waals surface area contributed by atoms with Crippen LogP contribution in [-0.2, 0) is 15.0 Å². The standard InChI is InChI=1S/C19H24ClFN4O3S2/c1-23(2)8-9-25-16(18-5-4-10-29-18)12-17(24(3)30(25,27)28)19(26)22-13-6-7-15(21)14(20)11-13/h4-7,10-11,16-17H,8-9,12H2,1-3H3,(H,22,26). The molecule has 1 aliphatic rings. The normalized spacial score (nSPS) is 22.3. The third kappa shape index (κ3) is 4.84. The highest BCUT2D eigenvalue weighted by Crippen LogP contribution is 2.38. The first kappa shape index (κ1) is 23.1. The molecule has 0 spiro atoms. The number of hydrogen-bond donors (Lipinski definition) is 1. The molecule has 2 unspecified atom stereocenters. The molecular formula is C19H24ClFN4O3S2. The monoisotopic (exact) mass is 474 g/mol. The molecule has 0 bridgehead atoms. The molecule has 1 aromatic carbocycles. The summed E-state index contributed by atoms with van der Waals surface area (Å²) < 4.78 is 42.5. The highest BCUT2D eigenvalue weighted by Gasteiger charge is 2.46. The number of rotatable bonds is 6. The second-order valence-corrected chi connectivity index (χ2v) is 10.7. The van der Waals surface area contributed by atoms with Gasteiger partial charge < -0.3 is 10.2 Å². The van der Waals surface area contributed by atoms with Crippen LogP contribution in [0.5, 0.6) is 0 Å². The molecular weight excluding hydrogens is 451 g/mol. The SMILES string of the molecule is CN(C)CCN1C(c2cccs2)CC(C(=O)Nc2ccc(F)c(Cl)c2)N(C)S1(=O)=O. The summed E-state index contributed by atoms with van der Waals surface area (Å²) in [4.78, 5) is 15.8. The van der Waals surface area contributed by atoms with Gasteiger partial charge in [0.2, 0.25) is 5.91 Å². The van der Waals surface area contributed by atoms with E-state index in [1.807, 2.05) is 36.5 Å². The number of carbonyl (C=O) groups is 1. The Hall–Kier alpha value is -1.56. The van der Waals surface area contributed by atoms with Gasteiger partial charge in [-0.15, -0.1) is 11.3 Å². The summed E-state index contributed by atoms with van der Waals surface area (Å²) in [5.41, 5.74) is 0.305. The van der Waals surface area contributed by atoms with Crippen molar-refractivity contribution in [3.05, 3.63) is 51.4 Å². The van der Waals surface area contributed by atoms with Crippen molar-refractivity contribution in [3.63, 3.8) is 0 Å². The van der Waals surface area contributed by atoms with E-state index in [0.717, 1.165) is 15.2 Å². The summed E-state index contributed by atoms with van der Waals surface area (Å²) in [6.07, 6.45) is 0.296. The Labute approximate surface area is 185 Å². The minimum Gasteiger partial charge on any atom is -0.325 e. The van der Waals surface area contributed by atoms with Crippen LogP contribution < -0.4 is 5.32 Å². The van der Waals surface area contributed by atoms with Crippen molar-refractivity contribution in [2.45, 2.75) is 18.5 Å². The van der Waals surface area contributed by atoms with Gasteiger partial charge >= 0.3 is 0 Å². The van der Waals surface area contributed by atoms with Crippen LogP contribution in [-0.4, -0.2) is 68.1 Å². The molecule has 164 valence electrons. The maximum Gasteiger partial charge on any atom is 0.283 e. The fourth-order valence-electron chi connectivity index (χ4n) is 3.34. The number of hydrogen-bond acceptors (Lipinski definition) is 5. The molecule has 11 heteroatoms. The molecule has 3 rings (SSSR count). The van der Waals surface area contributed by atoms with E-state index in [0.29, 0.717) is 25.2 Å². The minimum absolute atomic E-state index is 0.122. The third-order valence-electron chi connectivity index (χ3n) is 5.02. The first-order valence-corrected chi connectivity index (χ1v) is 12.0. The lowest BCUT2D eigenvalue weighted by Crippen LogP contribution is -2.58. The molecule has 1 N–H and O–H groups in total. The van der Waals surface area contributed by atoms with Crippen molar-refractivity contribution < 1.29 is 17.6 Å². The van der Waals surface area contributed by atoms with E-state index >= 15 is 0 Å². The molecule has 2 aromatic rings. The van der Waals surface area contributed by atoms with Gasteiger partial charge in [0.05, 0.1) is 11.1 Å². The van der Waals surface area contributed by atoms with E-state index < -0.39 is 34.0 Å². The number of thiophene rings is 1. The molecule has 1 fully saturated rings. The van der Waals surface area contributed by atoms with Crippen LogP contribution in [0.4, 0.5) is 10.1 Å². The fraction of sp³-hybridized carbons (Fsp3) is 0.421. The van der Waals surface area contributed by atoms with Gasteiger partial charge in [-0.05, 0) is 50.2 Å². The van der Waals surface area contributed by atoms with Gasteiger partial charge in [0.15, 0.2) is 0 Å². The number of nitrogens with zero attached hydrogens (tertiary/aromatic N) is 3. The lowest BCUT2D eigenvalue weighted by molar-refractivity contribution is -0.120. The first-order valence-electron chi connectivity index (χ1n) is 9.30. The molecule has 0 saturated carbocycles. The number of benzene rings is 1. The molecule has 1 aliphatic heterocycles. The zero-order chi connectivity index (χ0) is 22.1. The van der Waals surface area contributed by atoms with Crippen LogP contribution in [0.15, 0.2) is 35.7 Å². The molecule has 7 nitrogen and oxygen atoms in total. The maximum absolute atomic E-state index is 13.4. The highest BCUT2D eigenvalue weighted by molar-refractivity contribution is 7.86. The number of nitrogens with one attached hydrogen (secondary N) is 1. The average molecular weight is 475 g/mol. The Morgan fingerprint density at radius 1 is 1.37 bits per heavy atom. The Morgan fingerprint density at radius 2 is 2.10 bits per heavy atom. The van der Waals surface area contributed by atoms with Crippen LogP contribution in [0, 0.1) is 5.82 Å². The van der Waals surface area contributed by atoms with Crippen LogP contribution in [0.2, 0.25) is 5.02 Å². The summed E-state index contributed by atoms with van der Waals surface area (Å²) in [7, 11) is 1.29. The molecule has 1 aromatic heterocycles. The van der Waals surface area contributed by atoms with E-state index in [1.165, 1.54) is 34.8 Å². The van der Waals surface area contributed by atoms with Gasteiger partial charge in [-0.1, -0.05) is 17.7 Å². The van der Waals surface area contributed by atoms with Crippen LogP contribution in [0.1, 0.15) is 17.3 Å². The predicted octanol–water partition coefficient (Wildman–Crippen LogP) is 3.03. The lowest BCUT2D eigenvalue weighted by Gasteiger charge is -2.43. The number of amides is 1. The summed E-state index contributed by atoms with van der Waals surface area (Å²) in [6.45, 7) is 0.865. The molecule has 2 atom stereocenters. The molecule has 1 amide bonds. The van der Waals surface area contributed by atoms with Gasteiger partial charge in [0, 0.05) is 30.7 Å². The molecule has 0 aliphatic carbocycles. The zero-order valence-corrected chi connectivity index (χ0v) is 19.3. The van der Waals surface area contributed by atoms with Crippen molar-refractivity contribution in [2.75, 3.05) is 39.5 Å². The second-order valence-electron chi connectivity index (χ2n) is 7.34. The predicted molar refractivity (Wildman–Crippen MR) is 117 cm³/mol. The number of carbonyl (C=O) groups excluding carboxylic acids is 1. The van der Waals surface area contributed by atoms with E-state index in [1.54, 1.807) is 0 Å². The quantitative estimate of drug-likeness (QED) is 0.698. The molecule has 2 heterocycles. The lowest BCUT2D eigenvalue weighted by atomic mass is 10.0. The van der Waals surface area contributed by atoms with Gasteiger partial charge in [-0.3, -0.25) is 4.79 Å². The van der Waals surface area contributed by atoms with E-state index in [9.17, 15) is 17.6 Å². The first-order chi connectivity index (χ1) is 14.1.